The van der Waals surface area contributed by atoms with Crippen molar-refractivity contribution >= 4 is 11.8 Å². The summed E-state index contributed by atoms with van der Waals surface area (Å²) in [6.45, 7) is 0.991. The Labute approximate surface area is 135 Å². The lowest BCUT2D eigenvalue weighted by molar-refractivity contribution is -0.135. The van der Waals surface area contributed by atoms with Crippen LogP contribution in [0.25, 0.3) is 5.69 Å². The number of carbonyl (C=O) groups excluding carboxylic acids is 2. The van der Waals surface area contributed by atoms with E-state index in [1.165, 1.54) is 0 Å². The van der Waals surface area contributed by atoms with Crippen LogP contribution in [0.15, 0.2) is 42.7 Å². The number of likely N-dealkylation sites (tertiary alicyclic amines) is 1. The van der Waals surface area contributed by atoms with E-state index in [1.54, 1.807) is 34.8 Å². The van der Waals surface area contributed by atoms with Gasteiger partial charge in [-0.1, -0.05) is 18.2 Å². The van der Waals surface area contributed by atoms with Gasteiger partial charge < -0.3 is 9.80 Å². The van der Waals surface area contributed by atoms with Gasteiger partial charge in [0.25, 0.3) is 0 Å². The summed E-state index contributed by atoms with van der Waals surface area (Å²) < 4.78 is 1.79. The quantitative estimate of drug-likeness (QED) is 0.855. The van der Waals surface area contributed by atoms with Crippen LogP contribution in [0.1, 0.15) is 12.0 Å². The van der Waals surface area contributed by atoms with Crippen molar-refractivity contribution in [2.75, 3.05) is 20.6 Å². The predicted molar refractivity (Wildman–Crippen MR) is 85.8 cm³/mol. The van der Waals surface area contributed by atoms with Gasteiger partial charge in [-0.15, -0.1) is 0 Å². The Balaban J connectivity index is 1.64. The van der Waals surface area contributed by atoms with Gasteiger partial charge in [0.05, 0.1) is 17.8 Å². The first-order valence-electron chi connectivity index (χ1n) is 7.62. The molecule has 1 atom stereocenters. The van der Waals surface area contributed by atoms with Crippen LogP contribution in [-0.2, 0) is 16.1 Å². The summed E-state index contributed by atoms with van der Waals surface area (Å²) >= 11 is 0. The molecule has 2 amide bonds. The lowest BCUT2D eigenvalue weighted by atomic mass is 10.1. The minimum Gasteiger partial charge on any atom is -0.345 e. The van der Waals surface area contributed by atoms with Gasteiger partial charge in [-0.05, 0) is 12.1 Å². The molecule has 6 heteroatoms. The molecule has 1 aromatic carbocycles. The van der Waals surface area contributed by atoms with Crippen LogP contribution in [0.5, 0.6) is 0 Å². The fraction of sp³-hybridized carbons (Fsp3) is 0.353. The fourth-order valence-electron chi connectivity index (χ4n) is 2.86. The maximum Gasteiger partial charge on any atom is 0.228 e. The first-order valence-corrected chi connectivity index (χ1v) is 7.62. The van der Waals surface area contributed by atoms with Crippen molar-refractivity contribution in [3.05, 3.63) is 48.3 Å². The van der Waals surface area contributed by atoms with Gasteiger partial charge in [0.15, 0.2) is 0 Å². The third-order valence-corrected chi connectivity index (χ3v) is 4.14. The molecular formula is C17H20N4O2. The highest BCUT2D eigenvalue weighted by molar-refractivity contribution is 5.89. The molecule has 1 aliphatic rings. The summed E-state index contributed by atoms with van der Waals surface area (Å²) in [5.74, 6) is -0.189. The number of hydrogen-bond donors (Lipinski definition) is 0. The maximum atomic E-state index is 12.4. The van der Waals surface area contributed by atoms with Crippen molar-refractivity contribution in [1.82, 2.24) is 19.6 Å². The Morgan fingerprint density at radius 2 is 2.09 bits per heavy atom. The van der Waals surface area contributed by atoms with E-state index in [9.17, 15) is 9.59 Å². The summed E-state index contributed by atoms with van der Waals surface area (Å²) in [7, 11) is 3.50. The van der Waals surface area contributed by atoms with E-state index in [2.05, 4.69) is 5.10 Å². The highest BCUT2D eigenvalue weighted by Gasteiger charge is 2.33. The van der Waals surface area contributed by atoms with Crippen molar-refractivity contribution in [2.45, 2.75) is 13.0 Å². The Bertz CT molecular complexity index is 710. The van der Waals surface area contributed by atoms with Gasteiger partial charge in [0.2, 0.25) is 11.8 Å². The number of nitrogens with zero attached hydrogens (tertiary/aromatic N) is 4. The fourth-order valence-corrected chi connectivity index (χ4v) is 2.86. The average molecular weight is 312 g/mol. The van der Waals surface area contributed by atoms with Gasteiger partial charge >= 0.3 is 0 Å². The number of aromatic nitrogens is 2. The van der Waals surface area contributed by atoms with E-state index in [0.29, 0.717) is 19.5 Å². The predicted octanol–water partition coefficient (Wildman–Crippen LogP) is 1.31. The van der Waals surface area contributed by atoms with Crippen LogP contribution in [-0.4, -0.2) is 52.0 Å². The Hall–Kier alpha value is -2.63. The topological polar surface area (TPSA) is 58.4 Å². The molecule has 1 fully saturated rings. The van der Waals surface area contributed by atoms with E-state index in [4.69, 9.17) is 0 Å². The zero-order valence-electron chi connectivity index (χ0n) is 13.3. The zero-order valence-corrected chi connectivity index (χ0v) is 13.3. The van der Waals surface area contributed by atoms with Gasteiger partial charge in [-0.3, -0.25) is 9.59 Å². The molecule has 1 aliphatic heterocycles. The van der Waals surface area contributed by atoms with Crippen LogP contribution in [0.4, 0.5) is 0 Å². The highest BCUT2D eigenvalue weighted by Crippen LogP contribution is 2.19. The van der Waals surface area contributed by atoms with E-state index >= 15 is 0 Å². The van der Waals surface area contributed by atoms with Crippen molar-refractivity contribution < 1.29 is 9.59 Å². The van der Waals surface area contributed by atoms with Crippen molar-refractivity contribution in [3.8, 4) is 5.69 Å². The molecule has 120 valence electrons. The van der Waals surface area contributed by atoms with Gasteiger partial charge in [0.1, 0.15) is 0 Å². The molecule has 1 aromatic heterocycles. The SMILES string of the molecule is CN1CC(C(=O)N(C)Cc2cnn(-c3ccccc3)c2)CC1=O. The lowest BCUT2D eigenvalue weighted by Crippen LogP contribution is -2.33. The first-order chi connectivity index (χ1) is 11.0. The Morgan fingerprint density at radius 3 is 2.74 bits per heavy atom. The molecule has 0 radical (unpaired) electrons. The number of para-hydroxylation sites is 1. The van der Waals surface area contributed by atoms with Crippen molar-refractivity contribution in [1.29, 1.82) is 0 Å². The van der Waals surface area contributed by atoms with E-state index < -0.39 is 0 Å². The molecule has 0 aliphatic carbocycles. The molecule has 0 bridgehead atoms. The van der Waals surface area contributed by atoms with Crippen LogP contribution in [0.3, 0.4) is 0 Å². The molecule has 2 aromatic rings. The van der Waals surface area contributed by atoms with Gasteiger partial charge in [-0.2, -0.15) is 5.10 Å². The van der Waals surface area contributed by atoms with Gasteiger partial charge in [-0.25, -0.2) is 4.68 Å². The average Bonchev–Trinajstić information content (AvgIpc) is 3.15. The monoisotopic (exact) mass is 312 g/mol. The second kappa shape index (κ2) is 6.24. The Morgan fingerprint density at radius 1 is 1.35 bits per heavy atom. The molecule has 1 unspecified atom stereocenters. The molecule has 1 saturated heterocycles. The third-order valence-electron chi connectivity index (χ3n) is 4.14. The molecular weight excluding hydrogens is 292 g/mol. The zero-order chi connectivity index (χ0) is 16.4. The van der Waals surface area contributed by atoms with Gasteiger partial charge in [0, 0.05) is 45.4 Å². The number of amides is 2. The molecule has 3 rings (SSSR count). The van der Waals surface area contributed by atoms with Crippen molar-refractivity contribution in [2.24, 2.45) is 5.92 Å². The van der Waals surface area contributed by atoms with Crippen LogP contribution >= 0.6 is 0 Å². The second-order valence-electron chi connectivity index (χ2n) is 6.00. The molecule has 2 heterocycles. The molecule has 0 saturated carbocycles. The summed E-state index contributed by atoms with van der Waals surface area (Å²) in [6, 6.07) is 9.83. The standard InChI is InChI=1S/C17H20N4O2/c1-19-12-14(8-16(19)22)17(23)20(2)10-13-9-18-21(11-13)15-6-4-3-5-7-15/h3-7,9,11,14H,8,10,12H2,1-2H3. The summed E-state index contributed by atoms with van der Waals surface area (Å²) in [5, 5.41) is 4.34. The molecule has 23 heavy (non-hydrogen) atoms. The third kappa shape index (κ3) is 3.26. The summed E-state index contributed by atoms with van der Waals surface area (Å²) in [6.07, 6.45) is 4.00. The highest BCUT2D eigenvalue weighted by atomic mass is 16.2. The molecule has 0 N–H and O–H groups in total. The van der Waals surface area contributed by atoms with E-state index in [1.807, 2.05) is 36.5 Å². The normalized spacial score (nSPS) is 17.6. The van der Waals surface area contributed by atoms with E-state index in [-0.39, 0.29) is 17.7 Å². The first kappa shape index (κ1) is 15.3. The number of rotatable bonds is 4. The van der Waals surface area contributed by atoms with Crippen LogP contribution in [0, 0.1) is 5.92 Å². The largest absolute Gasteiger partial charge is 0.345 e. The maximum absolute atomic E-state index is 12.4. The van der Waals surface area contributed by atoms with Crippen molar-refractivity contribution in [3.63, 3.8) is 0 Å². The molecule has 6 nitrogen and oxygen atoms in total. The molecule has 0 spiro atoms. The summed E-state index contributed by atoms with van der Waals surface area (Å²) in [4.78, 5) is 27.3. The summed E-state index contributed by atoms with van der Waals surface area (Å²) in [5.41, 5.74) is 1.94. The van der Waals surface area contributed by atoms with Crippen LogP contribution in [0.2, 0.25) is 0 Å². The van der Waals surface area contributed by atoms with Crippen LogP contribution < -0.4 is 0 Å². The van der Waals surface area contributed by atoms with E-state index in [0.717, 1.165) is 11.3 Å². The Kier molecular flexibility index (Phi) is 4.14. The lowest BCUT2D eigenvalue weighted by Gasteiger charge is -2.20. The number of benzene rings is 1. The minimum atomic E-state index is -0.235. The minimum absolute atomic E-state index is 0.00941. The second-order valence-corrected chi connectivity index (χ2v) is 6.00. The number of carbonyl (C=O) groups is 2. The number of hydrogen-bond acceptors (Lipinski definition) is 3. The smallest absolute Gasteiger partial charge is 0.228 e.